The molecule has 0 unspecified atom stereocenters. The maximum absolute atomic E-state index is 11.8. The van der Waals surface area contributed by atoms with E-state index in [1.807, 2.05) is 12.1 Å². The molecule has 2 heteroatoms. The minimum Gasteiger partial charge on any atom is -0.359 e. The van der Waals surface area contributed by atoms with Crippen LogP contribution in [0.5, 0.6) is 0 Å². The molecular weight excluding hydrogens is 234 g/mol. The first-order chi connectivity index (χ1) is 9.29. The number of H-pyrrole nitrogens is 1. The summed E-state index contributed by atoms with van der Waals surface area (Å²) in [6, 6.07) is 12.0. The lowest BCUT2D eigenvalue weighted by atomic mass is 10.1. The van der Waals surface area contributed by atoms with Crippen LogP contribution in [0.15, 0.2) is 48.7 Å². The molecule has 1 heterocycles. The highest BCUT2D eigenvalue weighted by molar-refractivity contribution is 6.05. The normalized spacial score (nSPS) is 11.0. The summed E-state index contributed by atoms with van der Waals surface area (Å²) in [5.41, 5.74) is 3.03. The maximum Gasteiger partial charge on any atom is 0.201 e. The maximum atomic E-state index is 11.8. The molecule has 0 bridgehead atoms. The van der Waals surface area contributed by atoms with Crippen molar-refractivity contribution in [2.45, 2.75) is 26.2 Å². The van der Waals surface area contributed by atoms with Crippen molar-refractivity contribution in [1.82, 2.24) is 4.98 Å². The van der Waals surface area contributed by atoms with Gasteiger partial charge in [0.1, 0.15) is 0 Å². The van der Waals surface area contributed by atoms with Crippen LogP contribution < -0.4 is 0 Å². The lowest BCUT2D eigenvalue weighted by molar-refractivity contribution is 0.104. The fourth-order valence-electron chi connectivity index (χ4n) is 1.92. The van der Waals surface area contributed by atoms with E-state index in [0.717, 1.165) is 12.0 Å². The second-order valence-corrected chi connectivity index (χ2v) is 4.63. The molecule has 0 spiro atoms. The molecule has 0 atom stereocenters. The molecule has 0 saturated carbocycles. The van der Waals surface area contributed by atoms with Gasteiger partial charge in [0.2, 0.25) is 5.78 Å². The molecular formula is C17H19NO. The molecule has 1 aromatic heterocycles. The Morgan fingerprint density at radius 2 is 2.00 bits per heavy atom. The number of rotatable bonds is 6. The Hall–Kier alpha value is -2.09. The highest BCUT2D eigenvalue weighted by atomic mass is 16.1. The first-order valence-electron chi connectivity index (χ1n) is 6.74. The van der Waals surface area contributed by atoms with Gasteiger partial charge in [0.25, 0.3) is 0 Å². The van der Waals surface area contributed by atoms with E-state index in [-0.39, 0.29) is 5.78 Å². The SMILES string of the molecule is CCCCc1ccc(C=CC(=O)c2ccc[nH]2)cc1. The number of benzene rings is 1. The Balaban J connectivity index is 1.97. The standard InChI is InChI=1S/C17H19NO/c1-2-3-5-14-7-9-15(10-8-14)11-12-17(19)16-6-4-13-18-16/h4,6-13,18H,2-3,5H2,1H3. The van der Waals surface area contributed by atoms with Crippen LogP contribution in [-0.4, -0.2) is 10.8 Å². The second kappa shape index (κ2) is 6.74. The predicted molar refractivity (Wildman–Crippen MR) is 79.2 cm³/mol. The molecule has 0 aliphatic rings. The summed E-state index contributed by atoms with van der Waals surface area (Å²) < 4.78 is 0. The van der Waals surface area contributed by atoms with Crippen LogP contribution in [0.25, 0.3) is 6.08 Å². The molecule has 0 saturated heterocycles. The smallest absolute Gasteiger partial charge is 0.201 e. The predicted octanol–water partition coefficient (Wildman–Crippen LogP) is 4.25. The number of unbranched alkanes of at least 4 members (excludes halogenated alkanes) is 1. The van der Waals surface area contributed by atoms with Crippen molar-refractivity contribution in [2.24, 2.45) is 0 Å². The quantitative estimate of drug-likeness (QED) is 0.605. The zero-order valence-corrected chi connectivity index (χ0v) is 11.2. The summed E-state index contributed by atoms with van der Waals surface area (Å²) in [7, 11) is 0. The molecule has 0 fully saturated rings. The Morgan fingerprint density at radius 1 is 1.21 bits per heavy atom. The van der Waals surface area contributed by atoms with Gasteiger partial charge in [0.15, 0.2) is 0 Å². The second-order valence-electron chi connectivity index (χ2n) is 4.63. The van der Waals surface area contributed by atoms with Crippen molar-refractivity contribution < 1.29 is 4.79 Å². The molecule has 1 N–H and O–H groups in total. The zero-order chi connectivity index (χ0) is 13.5. The third-order valence-electron chi connectivity index (χ3n) is 3.09. The van der Waals surface area contributed by atoms with Crippen molar-refractivity contribution in [3.63, 3.8) is 0 Å². The summed E-state index contributed by atoms with van der Waals surface area (Å²) in [6.45, 7) is 2.20. The number of hydrogen-bond acceptors (Lipinski definition) is 1. The van der Waals surface area contributed by atoms with Gasteiger partial charge < -0.3 is 4.98 Å². The van der Waals surface area contributed by atoms with E-state index in [1.165, 1.54) is 18.4 Å². The van der Waals surface area contributed by atoms with E-state index in [2.05, 4.69) is 36.2 Å². The molecule has 0 amide bonds. The zero-order valence-electron chi connectivity index (χ0n) is 11.2. The molecule has 0 aliphatic carbocycles. The Kier molecular flexibility index (Phi) is 4.73. The van der Waals surface area contributed by atoms with Crippen molar-refractivity contribution in [3.05, 3.63) is 65.5 Å². The van der Waals surface area contributed by atoms with Gasteiger partial charge in [-0.1, -0.05) is 43.7 Å². The van der Waals surface area contributed by atoms with Gasteiger partial charge in [-0.05, 0) is 42.2 Å². The van der Waals surface area contributed by atoms with E-state index in [4.69, 9.17) is 0 Å². The van der Waals surface area contributed by atoms with E-state index >= 15 is 0 Å². The lowest BCUT2D eigenvalue weighted by Gasteiger charge is -2.00. The largest absolute Gasteiger partial charge is 0.359 e. The van der Waals surface area contributed by atoms with Crippen LogP contribution in [0.3, 0.4) is 0 Å². The Bertz CT molecular complexity index is 535. The van der Waals surface area contributed by atoms with Gasteiger partial charge in [-0.3, -0.25) is 4.79 Å². The number of aryl methyl sites for hydroxylation is 1. The van der Waals surface area contributed by atoms with E-state index in [9.17, 15) is 4.79 Å². The van der Waals surface area contributed by atoms with Crippen molar-refractivity contribution in [1.29, 1.82) is 0 Å². The fourth-order valence-corrected chi connectivity index (χ4v) is 1.92. The first kappa shape index (κ1) is 13.3. The third kappa shape index (κ3) is 3.95. The van der Waals surface area contributed by atoms with Gasteiger partial charge in [0.05, 0.1) is 5.69 Å². The van der Waals surface area contributed by atoms with Crippen LogP contribution in [0.1, 0.15) is 41.4 Å². The number of allylic oxidation sites excluding steroid dienone is 1. The minimum absolute atomic E-state index is 0.0000551. The summed E-state index contributed by atoms with van der Waals surface area (Å²) in [5.74, 6) is 0.0000551. The lowest BCUT2D eigenvalue weighted by Crippen LogP contribution is -1.93. The number of nitrogens with one attached hydrogen (secondary N) is 1. The van der Waals surface area contributed by atoms with Crippen molar-refractivity contribution >= 4 is 11.9 Å². The molecule has 0 radical (unpaired) electrons. The Labute approximate surface area is 114 Å². The van der Waals surface area contributed by atoms with E-state index < -0.39 is 0 Å². The number of hydrogen-bond donors (Lipinski definition) is 1. The van der Waals surface area contributed by atoms with Gasteiger partial charge >= 0.3 is 0 Å². The van der Waals surface area contributed by atoms with E-state index in [0.29, 0.717) is 5.69 Å². The van der Waals surface area contributed by atoms with Crippen LogP contribution >= 0.6 is 0 Å². The van der Waals surface area contributed by atoms with E-state index in [1.54, 1.807) is 18.3 Å². The number of ketones is 1. The van der Waals surface area contributed by atoms with Gasteiger partial charge in [-0.15, -0.1) is 0 Å². The van der Waals surface area contributed by atoms with Gasteiger partial charge in [0, 0.05) is 6.20 Å². The highest BCUT2D eigenvalue weighted by Crippen LogP contribution is 2.10. The number of aromatic amines is 1. The fraction of sp³-hybridized carbons (Fsp3) is 0.235. The minimum atomic E-state index is 0.0000551. The molecule has 2 rings (SSSR count). The number of carbonyl (C=O) groups excluding carboxylic acids is 1. The molecule has 19 heavy (non-hydrogen) atoms. The van der Waals surface area contributed by atoms with Crippen molar-refractivity contribution in [2.75, 3.05) is 0 Å². The summed E-state index contributed by atoms with van der Waals surface area (Å²) in [4.78, 5) is 14.7. The first-order valence-corrected chi connectivity index (χ1v) is 6.74. The van der Waals surface area contributed by atoms with Crippen LogP contribution in [0.2, 0.25) is 0 Å². The number of carbonyl (C=O) groups is 1. The Morgan fingerprint density at radius 3 is 2.63 bits per heavy atom. The molecule has 2 aromatic rings. The molecule has 2 nitrogen and oxygen atoms in total. The van der Waals surface area contributed by atoms with Gasteiger partial charge in [-0.25, -0.2) is 0 Å². The average molecular weight is 253 g/mol. The summed E-state index contributed by atoms with van der Waals surface area (Å²) >= 11 is 0. The van der Waals surface area contributed by atoms with Crippen LogP contribution in [0.4, 0.5) is 0 Å². The summed E-state index contributed by atoms with van der Waals surface area (Å²) in [6.07, 6.45) is 8.78. The van der Waals surface area contributed by atoms with Crippen LogP contribution in [-0.2, 0) is 6.42 Å². The highest BCUT2D eigenvalue weighted by Gasteiger charge is 2.00. The average Bonchev–Trinajstić information content (AvgIpc) is 2.98. The van der Waals surface area contributed by atoms with Crippen molar-refractivity contribution in [3.8, 4) is 0 Å². The number of aromatic nitrogens is 1. The summed E-state index contributed by atoms with van der Waals surface area (Å²) in [5, 5.41) is 0. The topological polar surface area (TPSA) is 32.9 Å². The molecule has 98 valence electrons. The van der Waals surface area contributed by atoms with Gasteiger partial charge in [-0.2, -0.15) is 0 Å². The molecule has 1 aromatic carbocycles. The van der Waals surface area contributed by atoms with Crippen LogP contribution in [0, 0.1) is 0 Å². The monoisotopic (exact) mass is 253 g/mol. The third-order valence-corrected chi connectivity index (χ3v) is 3.09. The molecule has 0 aliphatic heterocycles.